The zero-order valence-corrected chi connectivity index (χ0v) is 17.9. The summed E-state index contributed by atoms with van der Waals surface area (Å²) in [5.41, 5.74) is 2.29. The van der Waals surface area contributed by atoms with Gasteiger partial charge in [0.25, 0.3) is 5.91 Å². The van der Waals surface area contributed by atoms with Gasteiger partial charge in [-0.3, -0.25) is 14.4 Å². The van der Waals surface area contributed by atoms with Crippen LogP contribution in [0.25, 0.3) is 10.2 Å². The van der Waals surface area contributed by atoms with Crippen molar-refractivity contribution in [3.63, 3.8) is 0 Å². The molecule has 3 aromatic rings. The summed E-state index contributed by atoms with van der Waals surface area (Å²) in [6.45, 7) is 8.57. The van der Waals surface area contributed by atoms with Gasteiger partial charge in [-0.05, 0) is 59.1 Å². The zero-order valence-electron chi connectivity index (χ0n) is 17.1. The molecule has 1 amide bonds. The van der Waals surface area contributed by atoms with E-state index in [0.717, 1.165) is 34.7 Å². The highest BCUT2D eigenvalue weighted by Gasteiger charge is 2.24. The van der Waals surface area contributed by atoms with Crippen molar-refractivity contribution in [2.45, 2.75) is 27.3 Å². The fourth-order valence-electron chi connectivity index (χ4n) is 2.92. The van der Waals surface area contributed by atoms with Gasteiger partial charge in [0.05, 0.1) is 16.8 Å². The van der Waals surface area contributed by atoms with E-state index in [9.17, 15) is 4.79 Å². The summed E-state index contributed by atoms with van der Waals surface area (Å²) in [7, 11) is 3.98. The minimum Gasteiger partial charge on any atom is -0.494 e. The molecule has 3 rings (SSSR count). The Morgan fingerprint density at radius 3 is 2.64 bits per heavy atom. The molecule has 0 unspecified atom stereocenters. The highest BCUT2D eigenvalue weighted by atomic mass is 32.1. The van der Waals surface area contributed by atoms with E-state index in [2.05, 4.69) is 10.00 Å². The lowest BCUT2D eigenvalue weighted by Crippen LogP contribution is -2.37. The highest BCUT2D eigenvalue weighted by molar-refractivity contribution is 7.22. The van der Waals surface area contributed by atoms with Crippen LogP contribution in [0.1, 0.15) is 30.0 Å². The molecule has 7 nitrogen and oxygen atoms in total. The molecular formula is C20H27N5O2S. The molecule has 0 aliphatic heterocycles. The quantitative estimate of drug-likeness (QED) is 0.579. The first-order chi connectivity index (χ1) is 13.4. The number of benzene rings is 1. The number of likely N-dealkylation sites (N-methyl/N-ethyl adjacent to an activating group) is 1. The van der Waals surface area contributed by atoms with E-state index in [4.69, 9.17) is 9.72 Å². The van der Waals surface area contributed by atoms with Crippen molar-refractivity contribution in [1.29, 1.82) is 0 Å². The normalized spacial score (nSPS) is 11.4. The summed E-state index contributed by atoms with van der Waals surface area (Å²) in [6.07, 6.45) is 0. The predicted octanol–water partition coefficient (Wildman–Crippen LogP) is 3.43. The lowest BCUT2D eigenvalue weighted by atomic mass is 10.3. The van der Waals surface area contributed by atoms with Gasteiger partial charge in [-0.2, -0.15) is 5.10 Å². The number of amides is 1. The lowest BCUT2D eigenvalue weighted by Gasteiger charge is -2.21. The molecule has 0 aliphatic rings. The molecule has 8 heteroatoms. The van der Waals surface area contributed by atoms with Crippen LogP contribution in [0, 0.1) is 6.92 Å². The predicted molar refractivity (Wildman–Crippen MR) is 114 cm³/mol. The number of aromatic nitrogens is 3. The Morgan fingerprint density at radius 2 is 2.00 bits per heavy atom. The molecule has 2 aromatic heterocycles. The Kier molecular flexibility index (Phi) is 6.31. The fourth-order valence-corrected chi connectivity index (χ4v) is 3.94. The van der Waals surface area contributed by atoms with Gasteiger partial charge in [-0.1, -0.05) is 11.3 Å². The number of hydrogen-bond acceptors (Lipinski definition) is 6. The topological polar surface area (TPSA) is 63.5 Å². The molecule has 0 atom stereocenters. The Balaban J connectivity index is 1.96. The third kappa shape index (κ3) is 4.34. The number of fused-ring (bicyclic) bond motifs is 1. The summed E-state index contributed by atoms with van der Waals surface area (Å²) < 4.78 is 8.42. The molecule has 0 fully saturated rings. The second kappa shape index (κ2) is 8.70. The Labute approximate surface area is 169 Å². The van der Waals surface area contributed by atoms with E-state index in [0.29, 0.717) is 24.0 Å². The van der Waals surface area contributed by atoms with Crippen LogP contribution >= 0.6 is 11.3 Å². The van der Waals surface area contributed by atoms with Crippen molar-refractivity contribution in [2.75, 3.05) is 38.7 Å². The summed E-state index contributed by atoms with van der Waals surface area (Å²) in [5, 5.41) is 5.14. The minimum atomic E-state index is -0.124. The number of anilines is 1. The summed E-state index contributed by atoms with van der Waals surface area (Å²) in [6, 6.07) is 7.66. The van der Waals surface area contributed by atoms with Gasteiger partial charge in [0.1, 0.15) is 5.75 Å². The average molecular weight is 402 g/mol. The average Bonchev–Trinajstić information content (AvgIpc) is 3.24. The second-order valence-electron chi connectivity index (χ2n) is 6.81. The van der Waals surface area contributed by atoms with E-state index in [-0.39, 0.29) is 5.91 Å². The first kappa shape index (κ1) is 20.3. The molecular weight excluding hydrogens is 374 g/mol. The summed E-state index contributed by atoms with van der Waals surface area (Å²) in [4.78, 5) is 21.7. The number of carbonyl (C=O) groups excluding carboxylic acids is 1. The maximum absolute atomic E-state index is 13.3. The van der Waals surface area contributed by atoms with E-state index >= 15 is 0 Å². The van der Waals surface area contributed by atoms with Crippen LogP contribution in [-0.4, -0.2) is 59.4 Å². The van der Waals surface area contributed by atoms with Gasteiger partial charge in [0, 0.05) is 25.3 Å². The molecule has 28 heavy (non-hydrogen) atoms. The van der Waals surface area contributed by atoms with E-state index in [1.54, 1.807) is 4.90 Å². The SMILES string of the molecule is CCOc1ccc2nc(N(CCN(C)C)C(=O)c3cc(C)n(CC)n3)sc2c1. The van der Waals surface area contributed by atoms with Crippen LogP contribution in [0.2, 0.25) is 0 Å². The highest BCUT2D eigenvalue weighted by Crippen LogP contribution is 2.32. The molecule has 1 aromatic carbocycles. The summed E-state index contributed by atoms with van der Waals surface area (Å²) in [5.74, 6) is 0.690. The van der Waals surface area contributed by atoms with Crippen molar-refractivity contribution < 1.29 is 9.53 Å². The first-order valence-corrected chi connectivity index (χ1v) is 10.3. The van der Waals surface area contributed by atoms with Gasteiger partial charge >= 0.3 is 0 Å². The van der Waals surface area contributed by atoms with Crippen LogP contribution in [0.15, 0.2) is 24.3 Å². The molecule has 0 aliphatic carbocycles. The number of nitrogens with zero attached hydrogens (tertiary/aromatic N) is 5. The molecule has 0 saturated carbocycles. The van der Waals surface area contributed by atoms with E-state index in [1.165, 1.54) is 11.3 Å². The van der Waals surface area contributed by atoms with Crippen LogP contribution in [0.4, 0.5) is 5.13 Å². The Bertz CT molecular complexity index is 963. The van der Waals surface area contributed by atoms with Gasteiger partial charge in [-0.15, -0.1) is 0 Å². The van der Waals surface area contributed by atoms with Crippen molar-refractivity contribution in [2.24, 2.45) is 0 Å². The van der Waals surface area contributed by atoms with E-state index < -0.39 is 0 Å². The van der Waals surface area contributed by atoms with Gasteiger partial charge in [0.2, 0.25) is 0 Å². The van der Waals surface area contributed by atoms with Crippen molar-refractivity contribution in [1.82, 2.24) is 19.7 Å². The number of carbonyl (C=O) groups is 1. The molecule has 0 N–H and O–H groups in total. The monoisotopic (exact) mass is 401 g/mol. The van der Waals surface area contributed by atoms with Crippen molar-refractivity contribution >= 4 is 32.6 Å². The van der Waals surface area contributed by atoms with Crippen LogP contribution in [0.3, 0.4) is 0 Å². The molecule has 0 spiro atoms. The largest absolute Gasteiger partial charge is 0.494 e. The Morgan fingerprint density at radius 1 is 1.21 bits per heavy atom. The Hall–Kier alpha value is -2.45. The summed E-state index contributed by atoms with van der Waals surface area (Å²) >= 11 is 1.50. The standard InChI is InChI=1S/C20H27N5O2S/c1-6-25-14(3)12-17(22-25)19(26)24(11-10-23(4)5)20-21-16-9-8-15(27-7-2)13-18(16)28-20/h8-9,12-13H,6-7,10-11H2,1-5H3. The van der Waals surface area contributed by atoms with Crippen molar-refractivity contribution in [3.8, 4) is 5.75 Å². The van der Waals surface area contributed by atoms with Gasteiger partial charge in [0.15, 0.2) is 10.8 Å². The molecule has 2 heterocycles. The van der Waals surface area contributed by atoms with Gasteiger partial charge in [-0.25, -0.2) is 4.98 Å². The molecule has 150 valence electrons. The number of rotatable bonds is 8. The van der Waals surface area contributed by atoms with Gasteiger partial charge < -0.3 is 9.64 Å². The number of ether oxygens (including phenoxy) is 1. The smallest absolute Gasteiger partial charge is 0.280 e. The first-order valence-electron chi connectivity index (χ1n) is 9.47. The molecule has 0 radical (unpaired) electrons. The maximum Gasteiger partial charge on any atom is 0.280 e. The third-order valence-electron chi connectivity index (χ3n) is 4.41. The molecule has 0 bridgehead atoms. The lowest BCUT2D eigenvalue weighted by molar-refractivity contribution is 0.0979. The maximum atomic E-state index is 13.3. The van der Waals surface area contributed by atoms with Crippen LogP contribution in [-0.2, 0) is 6.54 Å². The number of hydrogen-bond donors (Lipinski definition) is 0. The van der Waals surface area contributed by atoms with E-state index in [1.807, 2.05) is 63.8 Å². The van der Waals surface area contributed by atoms with Crippen LogP contribution in [0.5, 0.6) is 5.75 Å². The third-order valence-corrected chi connectivity index (χ3v) is 5.45. The van der Waals surface area contributed by atoms with Crippen molar-refractivity contribution in [3.05, 3.63) is 35.7 Å². The fraction of sp³-hybridized carbons (Fsp3) is 0.450. The number of thiazole rings is 1. The minimum absolute atomic E-state index is 0.124. The zero-order chi connectivity index (χ0) is 20.3. The number of aryl methyl sites for hydroxylation is 2. The molecule has 0 saturated heterocycles. The second-order valence-corrected chi connectivity index (χ2v) is 7.81. The van der Waals surface area contributed by atoms with Crippen LogP contribution < -0.4 is 9.64 Å².